The largest absolute Gasteiger partial charge is 0.465 e. The number of rotatable bonds is 3. The van der Waals surface area contributed by atoms with Crippen LogP contribution in [-0.4, -0.2) is 22.5 Å². The van der Waals surface area contributed by atoms with Crippen molar-refractivity contribution < 1.29 is 9.53 Å². The van der Waals surface area contributed by atoms with Crippen molar-refractivity contribution in [2.45, 2.75) is 0 Å². The van der Waals surface area contributed by atoms with Gasteiger partial charge in [0.25, 0.3) is 0 Å². The number of aromatic nitrogens is 2. The zero-order chi connectivity index (χ0) is 17.4. The standard InChI is InChI=1S/C15H9Br2Cl2N3O2/c1-24-15(23)8-6-22-11(17)5-20-14(22)12(19)13(8)21-10-3-2-7(16)4-9(10)18/h2-6,21H,1H3. The second-order valence-electron chi connectivity index (χ2n) is 4.75. The van der Waals surface area contributed by atoms with Crippen molar-refractivity contribution in [3.8, 4) is 0 Å². The molecule has 0 saturated heterocycles. The number of anilines is 2. The number of nitrogens with one attached hydrogen (secondary N) is 1. The first-order valence-corrected chi connectivity index (χ1v) is 8.92. The van der Waals surface area contributed by atoms with Crippen molar-refractivity contribution in [3.05, 3.63) is 55.3 Å². The van der Waals surface area contributed by atoms with Crippen molar-refractivity contribution >= 4 is 78.1 Å². The third-order valence-electron chi connectivity index (χ3n) is 3.29. The molecule has 2 heterocycles. The third-order valence-corrected chi connectivity index (χ3v) is 5.04. The lowest BCUT2D eigenvalue weighted by molar-refractivity contribution is 0.0601. The summed E-state index contributed by atoms with van der Waals surface area (Å²) >= 11 is 19.4. The number of hydrogen-bond acceptors (Lipinski definition) is 4. The number of fused-ring (bicyclic) bond motifs is 1. The van der Waals surface area contributed by atoms with E-state index in [0.717, 1.165) is 4.47 Å². The molecule has 0 radical (unpaired) electrons. The fraction of sp³-hybridized carbons (Fsp3) is 0.0667. The smallest absolute Gasteiger partial charge is 0.341 e. The Hall–Kier alpha value is -1.28. The van der Waals surface area contributed by atoms with Crippen LogP contribution >= 0.6 is 55.1 Å². The van der Waals surface area contributed by atoms with E-state index < -0.39 is 5.97 Å². The van der Waals surface area contributed by atoms with Crippen LogP contribution in [0.25, 0.3) is 5.65 Å². The number of esters is 1. The highest BCUT2D eigenvalue weighted by molar-refractivity contribution is 9.10. The van der Waals surface area contributed by atoms with Gasteiger partial charge in [-0.1, -0.05) is 39.1 Å². The number of methoxy groups -OCH3 is 1. The molecule has 0 spiro atoms. The molecular formula is C15H9Br2Cl2N3O2. The summed E-state index contributed by atoms with van der Waals surface area (Å²) in [4.78, 5) is 16.4. The molecule has 0 atom stereocenters. The molecule has 9 heteroatoms. The Balaban J connectivity index is 2.21. The average molecular weight is 494 g/mol. The van der Waals surface area contributed by atoms with Crippen LogP contribution in [0, 0.1) is 0 Å². The van der Waals surface area contributed by atoms with E-state index >= 15 is 0 Å². The zero-order valence-electron chi connectivity index (χ0n) is 12.1. The van der Waals surface area contributed by atoms with Crippen molar-refractivity contribution in [2.75, 3.05) is 12.4 Å². The molecule has 0 saturated carbocycles. The van der Waals surface area contributed by atoms with Gasteiger partial charge in [-0.25, -0.2) is 9.78 Å². The molecule has 5 nitrogen and oxygen atoms in total. The van der Waals surface area contributed by atoms with Crippen LogP contribution in [0.4, 0.5) is 11.4 Å². The van der Waals surface area contributed by atoms with E-state index in [-0.39, 0.29) is 10.6 Å². The summed E-state index contributed by atoms with van der Waals surface area (Å²) in [5.74, 6) is -0.532. The number of halogens is 4. The summed E-state index contributed by atoms with van der Waals surface area (Å²) in [5.41, 5.74) is 1.72. The molecule has 0 amide bonds. The fourth-order valence-corrected chi connectivity index (χ4v) is 3.54. The van der Waals surface area contributed by atoms with Gasteiger partial charge in [0.15, 0.2) is 5.65 Å². The Labute approximate surface area is 164 Å². The topological polar surface area (TPSA) is 55.6 Å². The van der Waals surface area contributed by atoms with Crippen molar-refractivity contribution in [1.82, 2.24) is 9.38 Å². The first-order chi connectivity index (χ1) is 11.4. The Morgan fingerprint density at radius 3 is 2.75 bits per heavy atom. The molecule has 0 fully saturated rings. The van der Waals surface area contributed by atoms with Gasteiger partial charge in [0.05, 0.1) is 29.7 Å². The summed E-state index contributed by atoms with van der Waals surface area (Å²) in [7, 11) is 1.31. The normalized spacial score (nSPS) is 10.9. The molecule has 0 aliphatic heterocycles. The van der Waals surface area contributed by atoms with Crippen LogP contribution < -0.4 is 5.32 Å². The second kappa shape index (κ2) is 6.92. The van der Waals surface area contributed by atoms with E-state index in [1.807, 2.05) is 6.07 Å². The number of imidazole rings is 1. The number of ether oxygens (including phenoxy) is 1. The number of nitrogens with zero attached hydrogens (tertiary/aromatic N) is 2. The third kappa shape index (κ3) is 3.13. The Kier molecular flexibility index (Phi) is 5.05. The average Bonchev–Trinajstić information content (AvgIpc) is 2.92. The van der Waals surface area contributed by atoms with E-state index in [1.165, 1.54) is 7.11 Å². The van der Waals surface area contributed by atoms with E-state index in [0.29, 0.717) is 26.6 Å². The molecule has 124 valence electrons. The van der Waals surface area contributed by atoms with Crippen LogP contribution in [0.2, 0.25) is 10.0 Å². The molecule has 1 N–H and O–H groups in total. The highest BCUT2D eigenvalue weighted by Gasteiger charge is 2.21. The molecule has 0 aliphatic rings. The van der Waals surface area contributed by atoms with Crippen LogP contribution in [-0.2, 0) is 4.74 Å². The van der Waals surface area contributed by atoms with Gasteiger partial charge in [0, 0.05) is 10.7 Å². The van der Waals surface area contributed by atoms with Crippen molar-refractivity contribution in [3.63, 3.8) is 0 Å². The van der Waals surface area contributed by atoms with E-state index in [2.05, 4.69) is 42.2 Å². The predicted octanol–water partition coefficient (Wildman–Crippen LogP) is 5.70. The summed E-state index contributed by atoms with van der Waals surface area (Å²) in [6, 6.07) is 5.33. The van der Waals surface area contributed by atoms with E-state index in [4.69, 9.17) is 27.9 Å². The van der Waals surface area contributed by atoms with Gasteiger partial charge in [-0.3, -0.25) is 4.40 Å². The number of benzene rings is 1. The lowest BCUT2D eigenvalue weighted by atomic mass is 10.2. The van der Waals surface area contributed by atoms with Crippen LogP contribution in [0.15, 0.2) is 39.7 Å². The maximum absolute atomic E-state index is 12.2. The van der Waals surface area contributed by atoms with Gasteiger partial charge in [-0.15, -0.1) is 0 Å². The van der Waals surface area contributed by atoms with Crippen molar-refractivity contribution in [1.29, 1.82) is 0 Å². The van der Waals surface area contributed by atoms with Gasteiger partial charge in [-0.2, -0.15) is 0 Å². The summed E-state index contributed by atoms with van der Waals surface area (Å²) in [6.07, 6.45) is 3.19. The van der Waals surface area contributed by atoms with E-state index in [9.17, 15) is 4.79 Å². The minimum absolute atomic E-state index is 0.257. The summed E-state index contributed by atoms with van der Waals surface area (Å²) < 4.78 is 8.02. The number of hydrogen-bond donors (Lipinski definition) is 1. The minimum Gasteiger partial charge on any atom is -0.465 e. The molecule has 0 bridgehead atoms. The lowest BCUT2D eigenvalue weighted by Gasteiger charge is -2.15. The predicted molar refractivity (Wildman–Crippen MR) is 102 cm³/mol. The highest BCUT2D eigenvalue weighted by Crippen LogP contribution is 2.36. The first kappa shape index (κ1) is 17.5. The quantitative estimate of drug-likeness (QED) is 0.476. The maximum Gasteiger partial charge on any atom is 0.341 e. The van der Waals surface area contributed by atoms with Gasteiger partial charge >= 0.3 is 5.97 Å². The van der Waals surface area contributed by atoms with Gasteiger partial charge in [-0.05, 0) is 34.1 Å². The number of carbonyl (C=O) groups is 1. The fourth-order valence-electron chi connectivity index (χ4n) is 2.16. The zero-order valence-corrected chi connectivity index (χ0v) is 16.8. The molecule has 1 aromatic carbocycles. The summed E-state index contributed by atoms with van der Waals surface area (Å²) in [6.45, 7) is 0. The molecular weight excluding hydrogens is 485 g/mol. The Morgan fingerprint density at radius 2 is 2.08 bits per heavy atom. The SMILES string of the molecule is COC(=O)c1cn2c(Br)cnc2c(Cl)c1Nc1ccc(Br)cc1Cl. The van der Waals surface area contributed by atoms with Gasteiger partial charge in [0.1, 0.15) is 15.2 Å². The monoisotopic (exact) mass is 491 g/mol. The maximum atomic E-state index is 12.2. The first-order valence-electron chi connectivity index (χ1n) is 6.58. The molecule has 2 aromatic heterocycles. The van der Waals surface area contributed by atoms with Gasteiger partial charge < -0.3 is 10.1 Å². The molecule has 3 aromatic rings. The number of carbonyl (C=O) groups excluding carboxylic acids is 1. The number of pyridine rings is 1. The van der Waals surface area contributed by atoms with E-state index in [1.54, 1.807) is 28.9 Å². The van der Waals surface area contributed by atoms with Gasteiger partial charge in [0.2, 0.25) is 0 Å². The second-order valence-corrected chi connectivity index (χ2v) is 7.26. The van der Waals surface area contributed by atoms with Crippen LogP contribution in [0.5, 0.6) is 0 Å². The Bertz CT molecular complexity index is 960. The highest BCUT2D eigenvalue weighted by atomic mass is 79.9. The molecule has 3 rings (SSSR count). The Morgan fingerprint density at radius 1 is 1.33 bits per heavy atom. The van der Waals surface area contributed by atoms with Crippen LogP contribution in [0.3, 0.4) is 0 Å². The molecule has 0 unspecified atom stereocenters. The summed E-state index contributed by atoms with van der Waals surface area (Å²) in [5, 5.41) is 3.85. The molecule has 0 aliphatic carbocycles. The van der Waals surface area contributed by atoms with Crippen molar-refractivity contribution in [2.24, 2.45) is 0 Å². The minimum atomic E-state index is -0.532. The van der Waals surface area contributed by atoms with Crippen LogP contribution in [0.1, 0.15) is 10.4 Å². The molecule has 24 heavy (non-hydrogen) atoms. The lowest BCUT2D eigenvalue weighted by Crippen LogP contribution is -2.09.